The van der Waals surface area contributed by atoms with Gasteiger partial charge in [-0.05, 0) is 37.1 Å². The molecule has 0 aromatic carbocycles. The second kappa shape index (κ2) is 6.27. The van der Waals surface area contributed by atoms with Gasteiger partial charge in [-0.25, -0.2) is 9.36 Å². The van der Waals surface area contributed by atoms with Crippen LogP contribution in [-0.2, 0) is 16.0 Å². The largest absolute Gasteiger partial charge is 0.347 e. The summed E-state index contributed by atoms with van der Waals surface area (Å²) in [4.78, 5) is 0. The first-order valence-corrected chi connectivity index (χ1v) is 7.21. The highest BCUT2D eigenvalue weighted by Gasteiger charge is 2.28. The van der Waals surface area contributed by atoms with Crippen molar-refractivity contribution in [3.8, 4) is 0 Å². The fraction of sp³-hybridized carbons (Fsp3) is 0.750. The number of ether oxygens (including phenoxy) is 2. The molecule has 0 N–H and O–H groups in total. The normalized spacial score (nSPS) is 15.0. The molecule has 114 valence electrons. The minimum atomic E-state index is -0.479. The Labute approximate surface area is 122 Å². The van der Waals surface area contributed by atoms with E-state index in [2.05, 4.69) is 25.8 Å². The molecular formula is C12H19N7O2. The van der Waals surface area contributed by atoms with Crippen LogP contribution in [0, 0.1) is 0 Å². The molecule has 3 rings (SSSR count). The van der Waals surface area contributed by atoms with E-state index in [1.165, 1.54) is 0 Å². The van der Waals surface area contributed by atoms with Gasteiger partial charge in [0.2, 0.25) is 6.29 Å². The maximum absolute atomic E-state index is 5.51. The second-order valence-electron chi connectivity index (χ2n) is 4.85. The van der Waals surface area contributed by atoms with Gasteiger partial charge in [-0.2, -0.15) is 0 Å². The van der Waals surface area contributed by atoms with Gasteiger partial charge >= 0.3 is 0 Å². The van der Waals surface area contributed by atoms with Gasteiger partial charge < -0.3 is 9.47 Å². The molecule has 0 saturated heterocycles. The molecule has 0 radical (unpaired) electrons. The SMILES string of the molecule is CCOC(OCC)c1cn(Cc2nnnn2C2CC2)nn1. The van der Waals surface area contributed by atoms with E-state index in [1.807, 2.05) is 24.7 Å². The standard InChI is InChI=1S/C12H19N7O2/c1-3-20-12(21-4-2)10-7-18(16-13-10)8-11-14-15-17-19(11)9-5-6-9/h7,9,12H,3-6,8H2,1-2H3. The molecule has 2 heterocycles. The molecule has 2 aromatic rings. The van der Waals surface area contributed by atoms with Crippen LogP contribution in [0.4, 0.5) is 0 Å². The highest BCUT2D eigenvalue weighted by atomic mass is 16.7. The highest BCUT2D eigenvalue weighted by Crippen LogP contribution is 2.34. The van der Waals surface area contributed by atoms with Gasteiger partial charge in [0.1, 0.15) is 12.2 Å². The van der Waals surface area contributed by atoms with Crippen molar-refractivity contribution in [1.82, 2.24) is 35.2 Å². The number of tetrazole rings is 1. The van der Waals surface area contributed by atoms with Crippen molar-refractivity contribution in [2.24, 2.45) is 0 Å². The molecule has 0 atom stereocenters. The van der Waals surface area contributed by atoms with E-state index in [0.29, 0.717) is 31.5 Å². The lowest BCUT2D eigenvalue weighted by Gasteiger charge is -2.13. The van der Waals surface area contributed by atoms with E-state index >= 15 is 0 Å². The maximum atomic E-state index is 5.51. The van der Waals surface area contributed by atoms with Gasteiger partial charge in [0.05, 0.1) is 12.2 Å². The van der Waals surface area contributed by atoms with E-state index in [4.69, 9.17) is 9.47 Å². The van der Waals surface area contributed by atoms with Crippen molar-refractivity contribution >= 4 is 0 Å². The maximum Gasteiger partial charge on any atom is 0.204 e. The summed E-state index contributed by atoms with van der Waals surface area (Å²) in [5.74, 6) is 0.790. The van der Waals surface area contributed by atoms with Crippen LogP contribution >= 0.6 is 0 Å². The molecule has 21 heavy (non-hydrogen) atoms. The second-order valence-corrected chi connectivity index (χ2v) is 4.85. The van der Waals surface area contributed by atoms with E-state index < -0.39 is 6.29 Å². The van der Waals surface area contributed by atoms with Crippen LogP contribution in [0.1, 0.15) is 50.5 Å². The number of nitrogens with zero attached hydrogens (tertiary/aromatic N) is 7. The lowest BCUT2D eigenvalue weighted by Crippen LogP contribution is -2.10. The topological polar surface area (TPSA) is 92.8 Å². The molecule has 0 bridgehead atoms. The fourth-order valence-electron chi connectivity index (χ4n) is 2.08. The van der Waals surface area contributed by atoms with Gasteiger partial charge in [0, 0.05) is 13.2 Å². The fourth-order valence-corrected chi connectivity index (χ4v) is 2.08. The van der Waals surface area contributed by atoms with Crippen molar-refractivity contribution < 1.29 is 9.47 Å². The monoisotopic (exact) mass is 293 g/mol. The first-order chi connectivity index (χ1) is 10.3. The zero-order chi connectivity index (χ0) is 14.7. The summed E-state index contributed by atoms with van der Waals surface area (Å²) in [5, 5.41) is 20.0. The first-order valence-electron chi connectivity index (χ1n) is 7.21. The lowest BCUT2D eigenvalue weighted by molar-refractivity contribution is -0.142. The Kier molecular flexibility index (Phi) is 4.20. The van der Waals surface area contributed by atoms with Crippen molar-refractivity contribution in [2.45, 2.75) is 45.6 Å². The molecule has 9 nitrogen and oxygen atoms in total. The van der Waals surface area contributed by atoms with Crippen molar-refractivity contribution in [2.75, 3.05) is 13.2 Å². The van der Waals surface area contributed by atoms with Gasteiger partial charge in [-0.15, -0.1) is 10.2 Å². The van der Waals surface area contributed by atoms with Crippen LogP contribution in [0.5, 0.6) is 0 Å². The van der Waals surface area contributed by atoms with Crippen LogP contribution in [0.2, 0.25) is 0 Å². The molecule has 1 aliphatic carbocycles. The average Bonchev–Trinajstić information content (AvgIpc) is 3.04. The smallest absolute Gasteiger partial charge is 0.204 e. The Bertz CT molecular complexity index is 572. The first kappa shape index (κ1) is 14.1. The lowest BCUT2D eigenvalue weighted by atomic mass is 10.4. The Morgan fingerprint density at radius 3 is 2.62 bits per heavy atom. The number of aromatic nitrogens is 7. The molecular weight excluding hydrogens is 274 g/mol. The van der Waals surface area contributed by atoms with Crippen LogP contribution in [0.15, 0.2) is 6.20 Å². The third-order valence-corrected chi connectivity index (χ3v) is 3.19. The number of hydrogen-bond donors (Lipinski definition) is 0. The third-order valence-electron chi connectivity index (χ3n) is 3.19. The summed E-state index contributed by atoms with van der Waals surface area (Å²) in [5.41, 5.74) is 0.657. The summed E-state index contributed by atoms with van der Waals surface area (Å²) >= 11 is 0. The Morgan fingerprint density at radius 2 is 1.95 bits per heavy atom. The molecule has 0 unspecified atom stereocenters. The van der Waals surface area contributed by atoms with Crippen molar-refractivity contribution in [1.29, 1.82) is 0 Å². The van der Waals surface area contributed by atoms with Crippen LogP contribution in [0.3, 0.4) is 0 Å². The van der Waals surface area contributed by atoms with E-state index in [9.17, 15) is 0 Å². The molecule has 1 saturated carbocycles. The molecule has 1 fully saturated rings. The van der Waals surface area contributed by atoms with Gasteiger partial charge in [0.25, 0.3) is 0 Å². The van der Waals surface area contributed by atoms with Gasteiger partial charge in [-0.1, -0.05) is 5.21 Å². The Morgan fingerprint density at radius 1 is 1.19 bits per heavy atom. The Balaban J connectivity index is 1.70. The minimum Gasteiger partial charge on any atom is -0.347 e. The molecule has 0 amide bonds. The molecule has 1 aliphatic rings. The van der Waals surface area contributed by atoms with Crippen LogP contribution < -0.4 is 0 Å². The quantitative estimate of drug-likeness (QED) is 0.662. The summed E-state index contributed by atoms with van der Waals surface area (Å²) in [6, 6.07) is 0.442. The van der Waals surface area contributed by atoms with Crippen molar-refractivity contribution in [3.05, 3.63) is 17.7 Å². The van der Waals surface area contributed by atoms with E-state index in [-0.39, 0.29) is 0 Å². The summed E-state index contributed by atoms with van der Waals surface area (Å²) in [6.45, 7) is 5.43. The van der Waals surface area contributed by atoms with E-state index in [0.717, 1.165) is 18.7 Å². The number of rotatable bonds is 8. The zero-order valence-electron chi connectivity index (χ0n) is 12.2. The predicted molar refractivity (Wildman–Crippen MR) is 71.2 cm³/mol. The zero-order valence-corrected chi connectivity index (χ0v) is 12.2. The average molecular weight is 293 g/mol. The van der Waals surface area contributed by atoms with Crippen LogP contribution in [0.25, 0.3) is 0 Å². The van der Waals surface area contributed by atoms with Gasteiger partial charge in [-0.3, -0.25) is 0 Å². The molecule has 9 heteroatoms. The van der Waals surface area contributed by atoms with Crippen molar-refractivity contribution in [3.63, 3.8) is 0 Å². The molecule has 0 aliphatic heterocycles. The van der Waals surface area contributed by atoms with E-state index in [1.54, 1.807) is 4.68 Å². The predicted octanol–water partition coefficient (Wildman–Crippen LogP) is 0.719. The van der Waals surface area contributed by atoms with Gasteiger partial charge in [0.15, 0.2) is 5.82 Å². The number of hydrogen-bond acceptors (Lipinski definition) is 7. The summed E-state index contributed by atoms with van der Waals surface area (Å²) < 4.78 is 14.6. The third kappa shape index (κ3) is 3.24. The molecule has 0 spiro atoms. The molecule has 2 aromatic heterocycles. The summed E-state index contributed by atoms with van der Waals surface area (Å²) in [7, 11) is 0. The highest BCUT2D eigenvalue weighted by molar-refractivity contribution is 4.97. The Hall–Kier alpha value is -1.87. The van der Waals surface area contributed by atoms with Crippen LogP contribution in [-0.4, -0.2) is 48.4 Å². The minimum absolute atomic E-state index is 0.442. The summed E-state index contributed by atoms with van der Waals surface area (Å²) in [6.07, 6.45) is 3.60.